The number of nitrogens with two attached hydrogens (primary N) is 1. The highest BCUT2D eigenvalue weighted by Crippen LogP contribution is 2.53. The molecule has 0 aromatic heterocycles. The van der Waals surface area contributed by atoms with Crippen LogP contribution in [0.3, 0.4) is 0 Å². The van der Waals surface area contributed by atoms with E-state index in [1.165, 1.54) is 6.92 Å². The first-order valence-electron chi connectivity index (χ1n) is 4.39. The average Bonchev–Trinajstić information content (AvgIpc) is 2.48. The number of halogens is 1. The van der Waals surface area contributed by atoms with Crippen molar-refractivity contribution in [1.29, 1.82) is 15.8 Å². The van der Waals surface area contributed by atoms with Gasteiger partial charge >= 0.3 is 5.00 Å². The molecule has 17 heavy (non-hydrogen) atoms. The second-order valence-electron chi connectivity index (χ2n) is 3.58. The maximum atomic E-state index is 11.0. The van der Waals surface area contributed by atoms with Crippen molar-refractivity contribution < 1.29 is 4.92 Å². The molecule has 1 rings (SSSR count). The Morgan fingerprint density at radius 3 is 2.18 bits per heavy atom. The normalized spacial score (nSPS) is 30.2. The van der Waals surface area contributed by atoms with Crippen LogP contribution in [0.25, 0.3) is 0 Å². The highest BCUT2D eigenvalue weighted by atomic mass is 35.5. The van der Waals surface area contributed by atoms with Crippen LogP contribution in [0.2, 0.25) is 0 Å². The van der Waals surface area contributed by atoms with E-state index < -0.39 is 32.5 Å². The minimum Gasteiger partial charge on any atom is -0.394 e. The Morgan fingerprint density at radius 2 is 1.94 bits per heavy atom. The molecule has 2 N–H and O–H groups in total. The molecule has 0 aliphatic heterocycles. The van der Waals surface area contributed by atoms with Crippen LogP contribution in [0, 0.1) is 55.4 Å². The Hall–Kier alpha value is -2.30. The fourth-order valence-electron chi connectivity index (χ4n) is 1.86. The number of hydrogen-bond acceptors (Lipinski definition) is 6. The molecule has 1 aliphatic carbocycles. The van der Waals surface area contributed by atoms with Gasteiger partial charge in [-0.25, -0.2) is 0 Å². The monoisotopic (exact) mass is 251 g/mol. The standard InChI is InChI=1S/C9H6ClN5O2/c1-5-8(3-12,4-13)6(2-11)7(14)9(5,10)15(16)17/h5H,14H2,1H3. The molecule has 0 spiro atoms. The summed E-state index contributed by atoms with van der Waals surface area (Å²) in [5, 5.41) is 37.9. The van der Waals surface area contributed by atoms with Crippen LogP contribution in [-0.4, -0.2) is 9.92 Å². The van der Waals surface area contributed by atoms with Gasteiger partial charge in [0.05, 0.1) is 29.7 Å². The number of alkyl halides is 1. The Kier molecular flexibility index (Phi) is 2.72. The molecule has 0 saturated heterocycles. The molecule has 0 radical (unpaired) electrons. The number of allylic oxidation sites excluding steroid dienone is 1. The lowest BCUT2D eigenvalue weighted by Crippen LogP contribution is -2.44. The van der Waals surface area contributed by atoms with Gasteiger partial charge in [0.25, 0.3) is 0 Å². The Morgan fingerprint density at radius 1 is 1.47 bits per heavy atom. The van der Waals surface area contributed by atoms with Crippen molar-refractivity contribution >= 4 is 11.6 Å². The molecular formula is C9H6ClN5O2. The molecule has 0 aromatic carbocycles. The van der Waals surface area contributed by atoms with Gasteiger partial charge in [-0.2, -0.15) is 15.8 Å². The van der Waals surface area contributed by atoms with Crippen LogP contribution in [0.1, 0.15) is 6.92 Å². The molecule has 1 aliphatic rings. The third-order valence-corrected chi connectivity index (χ3v) is 3.66. The van der Waals surface area contributed by atoms with E-state index in [-0.39, 0.29) is 0 Å². The summed E-state index contributed by atoms with van der Waals surface area (Å²) in [7, 11) is 0. The van der Waals surface area contributed by atoms with E-state index in [1.807, 2.05) is 0 Å². The molecule has 2 unspecified atom stereocenters. The molecule has 7 nitrogen and oxygen atoms in total. The predicted molar refractivity (Wildman–Crippen MR) is 55.2 cm³/mol. The van der Waals surface area contributed by atoms with E-state index in [2.05, 4.69) is 0 Å². The van der Waals surface area contributed by atoms with Crippen molar-refractivity contribution in [3.05, 3.63) is 21.4 Å². The van der Waals surface area contributed by atoms with Gasteiger partial charge in [-0.3, -0.25) is 10.1 Å². The molecule has 0 amide bonds. The van der Waals surface area contributed by atoms with E-state index in [0.29, 0.717) is 0 Å². The maximum Gasteiger partial charge on any atom is 0.340 e. The van der Waals surface area contributed by atoms with Crippen molar-refractivity contribution in [1.82, 2.24) is 0 Å². The molecular weight excluding hydrogens is 246 g/mol. The van der Waals surface area contributed by atoms with Crippen molar-refractivity contribution in [2.75, 3.05) is 0 Å². The zero-order chi connectivity index (χ0) is 13.4. The molecule has 0 bridgehead atoms. The number of nitro groups is 1. The van der Waals surface area contributed by atoms with Gasteiger partial charge in [-0.15, -0.1) is 0 Å². The molecule has 0 aromatic rings. The number of hydrogen-bond donors (Lipinski definition) is 1. The van der Waals surface area contributed by atoms with Crippen molar-refractivity contribution in [3.8, 4) is 18.2 Å². The number of nitrogens with zero attached hydrogens (tertiary/aromatic N) is 4. The highest BCUT2D eigenvalue weighted by Gasteiger charge is 2.68. The first-order valence-corrected chi connectivity index (χ1v) is 4.77. The summed E-state index contributed by atoms with van der Waals surface area (Å²) in [5.74, 6) is -1.23. The van der Waals surface area contributed by atoms with Gasteiger partial charge < -0.3 is 5.73 Å². The van der Waals surface area contributed by atoms with Gasteiger partial charge in [0.2, 0.25) is 0 Å². The second-order valence-corrected chi connectivity index (χ2v) is 4.16. The van der Waals surface area contributed by atoms with E-state index in [1.54, 1.807) is 18.2 Å². The van der Waals surface area contributed by atoms with Crippen molar-refractivity contribution in [2.24, 2.45) is 17.1 Å². The van der Waals surface area contributed by atoms with Crippen LogP contribution in [0.4, 0.5) is 0 Å². The lowest BCUT2D eigenvalue weighted by Gasteiger charge is -2.23. The molecule has 86 valence electrons. The van der Waals surface area contributed by atoms with Crippen LogP contribution < -0.4 is 5.73 Å². The Balaban J connectivity index is 3.70. The lowest BCUT2D eigenvalue weighted by molar-refractivity contribution is -0.540. The number of rotatable bonds is 1. The summed E-state index contributed by atoms with van der Waals surface area (Å²) in [6, 6.07) is 4.78. The van der Waals surface area contributed by atoms with Crippen molar-refractivity contribution in [2.45, 2.75) is 11.9 Å². The summed E-state index contributed by atoms with van der Waals surface area (Å²) in [6.07, 6.45) is 0. The first-order chi connectivity index (χ1) is 7.82. The molecule has 0 fully saturated rings. The third-order valence-electron chi connectivity index (χ3n) is 2.99. The lowest BCUT2D eigenvalue weighted by atomic mass is 9.76. The van der Waals surface area contributed by atoms with Crippen LogP contribution in [-0.2, 0) is 0 Å². The SMILES string of the molecule is CC1C(C#N)(C#N)C(C#N)=C(N)C1(Cl)[N+](=O)[O-]. The van der Waals surface area contributed by atoms with E-state index >= 15 is 0 Å². The number of nitriles is 3. The summed E-state index contributed by atoms with van der Waals surface area (Å²) in [5.41, 5.74) is 2.51. The summed E-state index contributed by atoms with van der Waals surface area (Å²) in [6.45, 7) is 1.25. The van der Waals surface area contributed by atoms with Gasteiger partial charge in [0.15, 0.2) is 5.41 Å². The Bertz CT molecular complexity index is 535. The highest BCUT2D eigenvalue weighted by molar-refractivity contribution is 6.25. The predicted octanol–water partition coefficient (Wildman–Crippen LogP) is 0.618. The van der Waals surface area contributed by atoms with Gasteiger partial charge in [0, 0.05) is 4.92 Å². The average molecular weight is 252 g/mol. The molecule has 8 heteroatoms. The van der Waals surface area contributed by atoms with Crippen LogP contribution in [0.5, 0.6) is 0 Å². The molecule has 0 saturated carbocycles. The zero-order valence-electron chi connectivity index (χ0n) is 8.64. The Labute approximate surface area is 101 Å². The minimum absolute atomic E-state index is 0.443. The molecule has 0 heterocycles. The minimum atomic E-state index is -2.30. The summed E-state index contributed by atoms with van der Waals surface area (Å²) >= 11 is 5.79. The maximum absolute atomic E-state index is 11.0. The van der Waals surface area contributed by atoms with Gasteiger partial charge in [-0.05, 0) is 11.6 Å². The van der Waals surface area contributed by atoms with E-state index in [9.17, 15) is 10.1 Å². The van der Waals surface area contributed by atoms with Crippen LogP contribution in [0.15, 0.2) is 11.3 Å². The fraction of sp³-hybridized carbons (Fsp3) is 0.444. The van der Waals surface area contributed by atoms with Crippen LogP contribution >= 0.6 is 11.6 Å². The van der Waals surface area contributed by atoms with Gasteiger partial charge in [0.1, 0.15) is 5.70 Å². The van der Waals surface area contributed by atoms with E-state index in [4.69, 9.17) is 33.1 Å². The topological polar surface area (TPSA) is 141 Å². The fourth-order valence-corrected chi connectivity index (χ4v) is 2.12. The third kappa shape index (κ3) is 1.19. The van der Waals surface area contributed by atoms with Gasteiger partial charge in [-0.1, -0.05) is 6.92 Å². The quantitative estimate of drug-likeness (QED) is 0.313. The zero-order valence-corrected chi connectivity index (χ0v) is 9.39. The summed E-state index contributed by atoms with van der Waals surface area (Å²) in [4.78, 5) is 7.77. The summed E-state index contributed by atoms with van der Waals surface area (Å²) < 4.78 is 0. The first kappa shape index (κ1) is 12.8. The largest absolute Gasteiger partial charge is 0.394 e. The molecule has 2 atom stereocenters. The van der Waals surface area contributed by atoms with Crippen molar-refractivity contribution in [3.63, 3.8) is 0 Å². The smallest absolute Gasteiger partial charge is 0.340 e. The van der Waals surface area contributed by atoms with E-state index in [0.717, 1.165) is 0 Å². The second kappa shape index (κ2) is 3.62.